The molecule has 0 radical (unpaired) electrons. The molecular formula is C11H9F2NS. The molecule has 0 aliphatic rings. The van der Waals surface area contributed by atoms with E-state index in [-0.39, 0.29) is 5.56 Å². The molecule has 2 N–H and O–H groups in total. The van der Waals surface area contributed by atoms with Gasteiger partial charge >= 0.3 is 0 Å². The molecule has 2 aromatic rings. The van der Waals surface area contributed by atoms with E-state index in [1.807, 2.05) is 5.38 Å². The van der Waals surface area contributed by atoms with E-state index < -0.39 is 11.6 Å². The molecule has 0 spiro atoms. The largest absolute Gasteiger partial charge is 0.326 e. The third kappa shape index (κ3) is 1.91. The lowest BCUT2D eigenvalue weighted by Gasteiger charge is -2.03. The molecule has 0 fully saturated rings. The summed E-state index contributed by atoms with van der Waals surface area (Å²) in [6.07, 6.45) is 0. The van der Waals surface area contributed by atoms with Crippen molar-refractivity contribution in [1.29, 1.82) is 0 Å². The maximum absolute atomic E-state index is 13.4. The first-order valence-electron chi connectivity index (χ1n) is 4.43. The summed E-state index contributed by atoms with van der Waals surface area (Å²) in [5.74, 6) is -0.870. The maximum atomic E-state index is 13.4. The summed E-state index contributed by atoms with van der Waals surface area (Å²) in [5.41, 5.74) is 7.30. The van der Waals surface area contributed by atoms with Gasteiger partial charge in [-0.05, 0) is 40.1 Å². The van der Waals surface area contributed by atoms with Crippen molar-refractivity contribution in [1.82, 2.24) is 0 Å². The molecule has 1 nitrogen and oxygen atoms in total. The molecule has 0 aliphatic carbocycles. The quantitative estimate of drug-likeness (QED) is 0.834. The van der Waals surface area contributed by atoms with Crippen molar-refractivity contribution in [2.45, 2.75) is 6.54 Å². The summed E-state index contributed by atoms with van der Waals surface area (Å²) in [5, 5.41) is 3.62. The minimum atomic E-state index is -0.444. The maximum Gasteiger partial charge on any atom is 0.131 e. The molecule has 1 aromatic heterocycles. The third-order valence-corrected chi connectivity index (χ3v) is 2.97. The minimum Gasteiger partial charge on any atom is -0.326 e. The Morgan fingerprint density at radius 3 is 2.67 bits per heavy atom. The van der Waals surface area contributed by atoms with Crippen LogP contribution in [0.25, 0.3) is 11.1 Å². The van der Waals surface area contributed by atoms with Crippen LogP contribution in [0.1, 0.15) is 5.56 Å². The Balaban J connectivity index is 2.58. The van der Waals surface area contributed by atoms with Crippen molar-refractivity contribution in [3.8, 4) is 11.1 Å². The highest BCUT2D eigenvalue weighted by Crippen LogP contribution is 2.29. The van der Waals surface area contributed by atoms with Gasteiger partial charge in [-0.25, -0.2) is 8.78 Å². The van der Waals surface area contributed by atoms with Crippen LogP contribution in [0, 0.1) is 11.6 Å². The first-order valence-corrected chi connectivity index (χ1v) is 5.37. The molecule has 1 heterocycles. The van der Waals surface area contributed by atoms with Gasteiger partial charge in [-0.15, -0.1) is 0 Å². The van der Waals surface area contributed by atoms with E-state index in [9.17, 15) is 8.78 Å². The standard InChI is InChI=1S/C11H9F2NS/c12-8-1-2-11(13)9(3-8)10-6-15-5-7(10)4-14/h1-3,5-6H,4,14H2. The number of rotatable bonds is 2. The predicted octanol–water partition coefficient (Wildman–Crippen LogP) is 3.15. The SMILES string of the molecule is NCc1cscc1-c1cc(F)ccc1F. The summed E-state index contributed by atoms with van der Waals surface area (Å²) in [7, 11) is 0. The summed E-state index contributed by atoms with van der Waals surface area (Å²) < 4.78 is 26.4. The zero-order valence-electron chi connectivity index (χ0n) is 7.84. The molecule has 0 atom stereocenters. The Kier molecular flexibility index (Phi) is 2.79. The Morgan fingerprint density at radius 2 is 1.93 bits per heavy atom. The molecule has 0 bridgehead atoms. The Morgan fingerprint density at radius 1 is 1.13 bits per heavy atom. The number of hydrogen-bond acceptors (Lipinski definition) is 2. The second-order valence-electron chi connectivity index (χ2n) is 3.14. The van der Waals surface area contributed by atoms with Crippen LogP contribution in [-0.2, 0) is 6.54 Å². The number of benzene rings is 1. The van der Waals surface area contributed by atoms with Crippen LogP contribution in [0.15, 0.2) is 29.0 Å². The van der Waals surface area contributed by atoms with Gasteiger partial charge in [0.05, 0.1) is 0 Å². The van der Waals surface area contributed by atoms with E-state index in [2.05, 4.69) is 0 Å². The first-order chi connectivity index (χ1) is 7.22. The van der Waals surface area contributed by atoms with Gasteiger partial charge in [0.25, 0.3) is 0 Å². The van der Waals surface area contributed by atoms with Gasteiger partial charge in [0.1, 0.15) is 11.6 Å². The highest BCUT2D eigenvalue weighted by molar-refractivity contribution is 7.08. The van der Waals surface area contributed by atoms with Crippen molar-refractivity contribution >= 4 is 11.3 Å². The van der Waals surface area contributed by atoms with Crippen molar-refractivity contribution in [3.63, 3.8) is 0 Å². The monoisotopic (exact) mass is 225 g/mol. The molecule has 2 rings (SSSR count). The fourth-order valence-corrected chi connectivity index (χ4v) is 2.29. The van der Waals surface area contributed by atoms with Crippen LogP contribution in [-0.4, -0.2) is 0 Å². The number of hydrogen-bond donors (Lipinski definition) is 1. The Labute approximate surface area is 90.2 Å². The van der Waals surface area contributed by atoms with Gasteiger partial charge in [0, 0.05) is 12.1 Å². The van der Waals surface area contributed by atoms with Gasteiger partial charge in [-0.2, -0.15) is 11.3 Å². The Bertz CT molecular complexity index is 479. The molecular weight excluding hydrogens is 216 g/mol. The normalized spacial score (nSPS) is 10.6. The van der Waals surface area contributed by atoms with Crippen LogP contribution < -0.4 is 5.73 Å². The molecule has 0 amide bonds. The van der Waals surface area contributed by atoms with E-state index in [0.29, 0.717) is 12.1 Å². The van der Waals surface area contributed by atoms with Gasteiger partial charge < -0.3 is 5.73 Å². The second-order valence-corrected chi connectivity index (χ2v) is 3.88. The summed E-state index contributed by atoms with van der Waals surface area (Å²) in [6.45, 7) is 0.328. The van der Waals surface area contributed by atoms with Crippen LogP contribution in [0.5, 0.6) is 0 Å². The zero-order chi connectivity index (χ0) is 10.8. The predicted molar refractivity (Wildman–Crippen MR) is 57.6 cm³/mol. The lowest BCUT2D eigenvalue weighted by molar-refractivity contribution is 0.603. The number of nitrogens with two attached hydrogens (primary N) is 1. The average molecular weight is 225 g/mol. The van der Waals surface area contributed by atoms with E-state index in [1.165, 1.54) is 17.4 Å². The van der Waals surface area contributed by atoms with Gasteiger partial charge in [0.15, 0.2) is 0 Å². The smallest absolute Gasteiger partial charge is 0.131 e. The number of thiophene rings is 1. The summed E-state index contributed by atoms with van der Waals surface area (Å²) in [4.78, 5) is 0. The van der Waals surface area contributed by atoms with Crippen molar-refractivity contribution in [2.24, 2.45) is 5.73 Å². The van der Waals surface area contributed by atoms with Crippen molar-refractivity contribution in [2.75, 3.05) is 0 Å². The van der Waals surface area contributed by atoms with E-state index >= 15 is 0 Å². The molecule has 0 aliphatic heterocycles. The highest BCUT2D eigenvalue weighted by Gasteiger charge is 2.10. The zero-order valence-corrected chi connectivity index (χ0v) is 8.65. The first kappa shape index (κ1) is 10.3. The van der Waals surface area contributed by atoms with Crippen LogP contribution in [0.2, 0.25) is 0 Å². The Hall–Kier alpha value is -1.26. The van der Waals surface area contributed by atoms with E-state index in [1.54, 1.807) is 5.38 Å². The van der Waals surface area contributed by atoms with Crippen LogP contribution >= 0.6 is 11.3 Å². The van der Waals surface area contributed by atoms with Gasteiger partial charge in [0.2, 0.25) is 0 Å². The van der Waals surface area contributed by atoms with Gasteiger partial charge in [-0.1, -0.05) is 0 Å². The summed E-state index contributed by atoms with van der Waals surface area (Å²) in [6, 6.07) is 3.42. The molecule has 4 heteroatoms. The molecule has 15 heavy (non-hydrogen) atoms. The minimum absolute atomic E-state index is 0.275. The topological polar surface area (TPSA) is 26.0 Å². The van der Waals surface area contributed by atoms with E-state index in [0.717, 1.165) is 17.7 Å². The number of halogens is 2. The molecule has 78 valence electrons. The molecule has 0 unspecified atom stereocenters. The lowest BCUT2D eigenvalue weighted by Crippen LogP contribution is -1.97. The lowest BCUT2D eigenvalue weighted by atomic mass is 10.0. The molecule has 0 saturated heterocycles. The highest BCUT2D eigenvalue weighted by atomic mass is 32.1. The van der Waals surface area contributed by atoms with Crippen LogP contribution in [0.3, 0.4) is 0 Å². The van der Waals surface area contributed by atoms with E-state index in [4.69, 9.17) is 5.73 Å². The van der Waals surface area contributed by atoms with Crippen molar-refractivity contribution in [3.05, 3.63) is 46.2 Å². The van der Waals surface area contributed by atoms with Gasteiger partial charge in [-0.3, -0.25) is 0 Å². The third-order valence-electron chi connectivity index (χ3n) is 2.18. The summed E-state index contributed by atoms with van der Waals surface area (Å²) >= 11 is 1.43. The fourth-order valence-electron chi connectivity index (χ4n) is 1.42. The van der Waals surface area contributed by atoms with Crippen molar-refractivity contribution < 1.29 is 8.78 Å². The van der Waals surface area contributed by atoms with Crippen LogP contribution in [0.4, 0.5) is 8.78 Å². The second kappa shape index (κ2) is 4.08. The fraction of sp³-hybridized carbons (Fsp3) is 0.0909. The average Bonchev–Trinajstić information content (AvgIpc) is 2.69. The molecule has 1 aromatic carbocycles. The molecule has 0 saturated carbocycles.